The number of furan rings is 2. The second kappa shape index (κ2) is 10.6. The first-order valence-electron chi connectivity index (χ1n) is 17.7. The van der Waals surface area contributed by atoms with Crippen molar-refractivity contribution in [1.29, 1.82) is 0 Å². The van der Waals surface area contributed by atoms with Gasteiger partial charge in [-0.2, -0.15) is 9.97 Å². The molecule has 0 bridgehead atoms. The van der Waals surface area contributed by atoms with Crippen molar-refractivity contribution >= 4 is 82.7 Å². The third kappa shape index (κ3) is 4.06. The van der Waals surface area contributed by atoms with Crippen LogP contribution in [0.4, 0.5) is 17.3 Å². The molecule has 246 valence electrons. The summed E-state index contributed by atoms with van der Waals surface area (Å²) in [5, 5.41) is 8.72. The third-order valence-corrected chi connectivity index (χ3v) is 10.6. The number of rotatable bonds is 3. The summed E-state index contributed by atoms with van der Waals surface area (Å²) < 4.78 is 13.1. The van der Waals surface area contributed by atoms with Crippen molar-refractivity contribution in [3.05, 3.63) is 158 Å². The number of benzene rings is 8. The van der Waals surface area contributed by atoms with Crippen molar-refractivity contribution in [1.82, 2.24) is 15.0 Å². The van der Waals surface area contributed by atoms with Gasteiger partial charge in [0.2, 0.25) is 5.95 Å². The van der Waals surface area contributed by atoms with E-state index >= 15 is 0 Å². The quantitative estimate of drug-likeness (QED) is 0.185. The first-order chi connectivity index (χ1) is 26.3. The second-order valence-electron chi connectivity index (χ2n) is 13.6. The smallest absolute Gasteiger partial charge is 0.238 e. The Morgan fingerprint density at radius 3 is 1.55 bits per heavy atom. The molecule has 1 aliphatic rings. The normalized spacial score (nSPS) is 12.5. The third-order valence-electron chi connectivity index (χ3n) is 10.6. The zero-order chi connectivity index (χ0) is 34.6. The average Bonchev–Trinajstić information content (AvgIpc) is 3.79. The minimum atomic E-state index is 0.504. The summed E-state index contributed by atoms with van der Waals surface area (Å²) in [6.45, 7) is 0. The first-order valence-corrected chi connectivity index (χ1v) is 17.7. The van der Waals surface area contributed by atoms with Crippen LogP contribution in [0.1, 0.15) is 0 Å². The van der Waals surface area contributed by atoms with Crippen molar-refractivity contribution < 1.29 is 8.83 Å². The predicted octanol–water partition coefficient (Wildman–Crippen LogP) is 12.8. The van der Waals surface area contributed by atoms with Crippen molar-refractivity contribution in [3.63, 3.8) is 0 Å². The summed E-state index contributed by atoms with van der Waals surface area (Å²) >= 11 is 0. The van der Waals surface area contributed by atoms with Crippen molar-refractivity contribution in [3.8, 4) is 33.9 Å². The van der Waals surface area contributed by atoms with Gasteiger partial charge in [-0.15, -0.1) is 0 Å². The van der Waals surface area contributed by atoms with Gasteiger partial charge in [-0.1, -0.05) is 115 Å². The van der Waals surface area contributed by atoms with Gasteiger partial charge in [0, 0.05) is 32.5 Å². The molecule has 0 amide bonds. The minimum Gasteiger partial charge on any atom is -0.455 e. The van der Waals surface area contributed by atoms with Crippen LogP contribution in [-0.2, 0) is 0 Å². The molecule has 0 saturated heterocycles. The molecule has 8 aromatic carbocycles. The molecule has 0 aliphatic carbocycles. The lowest BCUT2D eigenvalue weighted by molar-refractivity contribution is 0.669. The Balaban J connectivity index is 1.19. The summed E-state index contributed by atoms with van der Waals surface area (Å²) in [5.74, 6) is 1.53. The van der Waals surface area contributed by atoms with Crippen LogP contribution >= 0.6 is 0 Å². The molecule has 53 heavy (non-hydrogen) atoms. The highest BCUT2D eigenvalue weighted by molar-refractivity contribution is 6.16. The van der Waals surface area contributed by atoms with Crippen molar-refractivity contribution in [2.24, 2.45) is 0 Å². The zero-order valence-corrected chi connectivity index (χ0v) is 28.1. The predicted molar refractivity (Wildman–Crippen MR) is 214 cm³/mol. The molecule has 6 heteroatoms. The summed E-state index contributed by atoms with van der Waals surface area (Å²) in [6.07, 6.45) is 0. The van der Waals surface area contributed by atoms with E-state index in [1.54, 1.807) is 0 Å². The molecular weight excluding hydrogens is 653 g/mol. The summed E-state index contributed by atoms with van der Waals surface area (Å²) in [4.78, 5) is 18.1. The number of para-hydroxylation sites is 4. The van der Waals surface area contributed by atoms with Crippen LogP contribution in [0.25, 0.3) is 99.3 Å². The van der Waals surface area contributed by atoms with E-state index < -0.39 is 0 Å². The molecule has 12 rings (SSSR count). The zero-order valence-electron chi connectivity index (χ0n) is 28.1. The van der Waals surface area contributed by atoms with E-state index in [1.165, 1.54) is 10.9 Å². The van der Waals surface area contributed by atoms with Crippen LogP contribution < -0.4 is 4.90 Å². The van der Waals surface area contributed by atoms with Crippen LogP contribution in [0, 0.1) is 0 Å². The molecule has 3 aromatic heterocycles. The van der Waals surface area contributed by atoms with Crippen LogP contribution in [0.2, 0.25) is 0 Å². The Morgan fingerprint density at radius 2 is 0.887 bits per heavy atom. The number of aromatic nitrogens is 3. The molecule has 0 atom stereocenters. The summed E-state index contributed by atoms with van der Waals surface area (Å²) in [5.41, 5.74) is 8.99. The van der Waals surface area contributed by atoms with E-state index in [1.807, 2.05) is 60.7 Å². The topological polar surface area (TPSA) is 68.2 Å². The highest BCUT2D eigenvalue weighted by Crippen LogP contribution is 2.51. The lowest BCUT2D eigenvalue weighted by Crippen LogP contribution is -2.19. The van der Waals surface area contributed by atoms with Crippen LogP contribution in [-0.4, -0.2) is 15.0 Å². The molecule has 1 aliphatic heterocycles. The van der Waals surface area contributed by atoms with Gasteiger partial charge in [0.05, 0.1) is 22.5 Å². The largest absolute Gasteiger partial charge is 0.455 e. The number of hydrogen-bond acceptors (Lipinski definition) is 6. The molecule has 4 heterocycles. The molecule has 0 saturated carbocycles. The Kier molecular flexibility index (Phi) is 5.68. The van der Waals surface area contributed by atoms with E-state index in [0.29, 0.717) is 17.6 Å². The fourth-order valence-corrected chi connectivity index (χ4v) is 8.26. The van der Waals surface area contributed by atoms with Gasteiger partial charge in [-0.25, -0.2) is 4.98 Å². The fourth-order valence-electron chi connectivity index (χ4n) is 8.26. The van der Waals surface area contributed by atoms with Gasteiger partial charge in [0.15, 0.2) is 11.6 Å². The maximum absolute atomic E-state index is 6.54. The van der Waals surface area contributed by atoms with Gasteiger partial charge >= 0.3 is 0 Å². The lowest BCUT2D eigenvalue weighted by Gasteiger charge is -2.32. The molecule has 0 spiro atoms. The highest BCUT2D eigenvalue weighted by atomic mass is 16.3. The van der Waals surface area contributed by atoms with E-state index in [2.05, 4.69) is 102 Å². The monoisotopic (exact) mass is 678 g/mol. The molecule has 0 N–H and O–H groups in total. The second-order valence-corrected chi connectivity index (χ2v) is 13.6. The SMILES string of the molecule is c1ccc2cc3c(cc2c1)-c1cccc2cccc(c12)N3c1nc(-c2cccc3c2oc2ccccc23)nc(-c2cccc3c2oc2ccccc23)n1. The van der Waals surface area contributed by atoms with Crippen LogP contribution in [0.5, 0.6) is 0 Å². The molecule has 6 nitrogen and oxygen atoms in total. The van der Waals surface area contributed by atoms with Gasteiger partial charge in [-0.3, -0.25) is 4.90 Å². The number of hydrogen-bond donors (Lipinski definition) is 0. The fraction of sp³-hybridized carbons (Fsp3) is 0. The average molecular weight is 679 g/mol. The number of anilines is 3. The first kappa shape index (κ1) is 28.4. The molecule has 11 aromatic rings. The van der Waals surface area contributed by atoms with Gasteiger partial charge in [0.1, 0.15) is 22.3 Å². The standard InChI is InChI=1S/C47H26N4O2/c1-2-12-29-26-39-37(25-28(29)11-1)32-17-7-13-27-14-8-22-38(42(27)32)51(39)47-49-45(35-20-9-18-33-30-15-3-5-23-40(30)52-43(33)35)48-46(50-47)36-21-10-19-34-31-16-4-6-24-41(31)53-44(34)36/h1-26H. The van der Waals surface area contributed by atoms with E-state index in [9.17, 15) is 0 Å². The minimum absolute atomic E-state index is 0.504. The van der Waals surface area contributed by atoms with E-state index in [-0.39, 0.29) is 0 Å². The van der Waals surface area contributed by atoms with E-state index in [0.717, 1.165) is 88.1 Å². The molecular formula is C47H26N4O2. The number of fused-ring (bicyclic) bond motifs is 9. The van der Waals surface area contributed by atoms with Gasteiger partial charge in [-0.05, 0) is 64.2 Å². The Hall–Kier alpha value is -7.31. The van der Waals surface area contributed by atoms with E-state index in [4.69, 9.17) is 23.8 Å². The summed E-state index contributed by atoms with van der Waals surface area (Å²) in [7, 11) is 0. The molecule has 0 fully saturated rings. The van der Waals surface area contributed by atoms with Crippen molar-refractivity contribution in [2.75, 3.05) is 4.90 Å². The maximum Gasteiger partial charge on any atom is 0.238 e. The van der Waals surface area contributed by atoms with Crippen LogP contribution in [0.15, 0.2) is 167 Å². The van der Waals surface area contributed by atoms with Crippen molar-refractivity contribution in [2.45, 2.75) is 0 Å². The molecule has 0 radical (unpaired) electrons. The lowest BCUT2D eigenvalue weighted by atomic mass is 9.90. The van der Waals surface area contributed by atoms with Gasteiger partial charge in [0.25, 0.3) is 0 Å². The summed E-state index contributed by atoms with van der Waals surface area (Å²) in [6, 6.07) is 54.5. The Morgan fingerprint density at radius 1 is 0.377 bits per heavy atom. The van der Waals surface area contributed by atoms with Gasteiger partial charge < -0.3 is 8.83 Å². The Bertz CT molecular complexity index is 3180. The number of nitrogens with zero attached hydrogens (tertiary/aromatic N) is 4. The Labute approximate surface area is 302 Å². The highest BCUT2D eigenvalue weighted by Gasteiger charge is 2.30. The van der Waals surface area contributed by atoms with Crippen LogP contribution in [0.3, 0.4) is 0 Å². The molecule has 0 unspecified atom stereocenters. The maximum atomic E-state index is 6.54.